The van der Waals surface area contributed by atoms with E-state index in [-0.39, 0.29) is 28.1 Å². The SMILES string of the molecule is COc1ccc(CN(C)C(=O)c2ccc(CS(=O)(=O)c3ccccc3)o2)cc1. The first-order chi connectivity index (χ1) is 13.4. The van der Waals surface area contributed by atoms with Gasteiger partial charge in [0, 0.05) is 13.6 Å². The number of carbonyl (C=O) groups excluding carboxylic acids is 1. The molecule has 0 saturated heterocycles. The van der Waals surface area contributed by atoms with Crippen LogP contribution in [0.25, 0.3) is 0 Å². The van der Waals surface area contributed by atoms with Gasteiger partial charge in [-0.1, -0.05) is 30.3 Å². The van der Waals surface area contributed by atoms with Gasteiger partial charge < -0.3 is 14.1 Å². The van der Waals surface area contributed by atoms with Gasteiger partial charge in [0.05, 0.1) is 12.0 Å². The molecular weight excluding hydrogens is 378 g/mol. The van der Waals surface area contributed by atoms with Gasteiger partial charge in [0.25, 0.3) is 5.91 Å². The maximum atomic E-state index is 12.6. The van der Waals surface area contributed by atoms with Crippen molar-refractivity contribution < 1.29 is 22.4 Å². The molecule has 0 bridgehead atoms. The third-order valence-electron chi connectivity index (χ3n) is 4.23. The number of benzene rings is 2. The zero-order chi connectivity index (χ0) is 20.1. The summed E-state index contributed by atoms with van der Waals surface area (Å²) in [5, 5.41) is 0. The van der Waals surface area contributed by atoms with Gasteiger partial charge in [-0.05, 0) is 42.0 Å². The van der Waals surface area contributed by atoms with Crippen LogP contribution in [0.5, 0.6) is 5.75 Å². The van der Waals surface area contributed by atoms with Crippen LogP contribution in [0.3, 0.4) is 0 Å². The quantitative estimate of drug-likeness (QED) is 0.607. The normalized spacial score (nSPS) is 11.2. The molecule has 1 aromatic heterocycles. The van der Waals surface area contributed by atoms with Crippen molar-refractivity contribution in [3.63, 3.8) is 0 Å². The fourth-order valence-electron chi connectivity index (χ4n) is 2.73. The second kappa shape index (κ2) is 8.31. The minimum Gasteiger partial charge on any atom is -0.497 e. The van der Waals surface area contributed by atoms with Crippen molar-refractivity contribution in [1.29, 1.82) is 0 Å². The minimum absolute atomic E-state index is 0.106. The second-order valence-electron chi connectivity index (χ2n) is 6.35. The first-order valence-corrected chi connectivity index (χ1v) is 10.3. The van der Waals surface area contributed by atoms with Crippen LogP contribution in [-0.4, -0.2) is 33.4 Å². The van der Waals surface area contributed by atoms with E-state index in [1.165, 1.54) is 29.2 Å². The average molecular weight is 399 g/mol. The maximum absolute atomic E-state index is 12.6. The highest BCUT2D eigenvalue weighted by molar-refractivity contribution is 7.90. The molecule has 1 amide bonds. The van der Waals surface area contributed by atoms with E-state index in [1.54, 1.807) is 32.4 Å². The standard InChI is InChI=1S/C21H21NO5S/c1-22(14-16-8-10-17(26-2)11-9-16)21(23)20-13-12-18(27-20)15-28(24,25)19-6-4-3-5-7-19/h3-13H,14-15H2,1-2H3. The lowest BCUT2D eigenvalue weighted by atomic mass is 10.2. The van der Waals surface area contributed by atoms with Crippen LogP contribution in [0.15, 0.2) is 76.0 Å². The number of hydrogen-bond acceptors (Lipinski definition) is 5. The molecule has 0 unspecified atom stereocenters. The Morgan fingerprint density at radius 1 is 1.00 bits per heavy atom. The van der Waals surface area contributed by atoms with Crippen LogP contribution in [0.2, 0.25) is 0 Å². The molecular formula is C21H21NO5S. The Hall–Kier alpha value is -3.06. The number of furan rings is 1. The predicted molar refractivity (Wildman–Crippen MR) is 105 cm³/mol. The van der Waals surface area contributed by atoms with Crippen molar-refractivity contribution >= 4 is 15.7 Å². The summed E-state index contributed by atoms with van der Waals surface area (Å²) >= 11 is 0. The highest BCUT2D eigenvalue weighted by Crippen LogP contribution is 2.19. The summed E-state index contributed by atoms with van der Waals surface area (Å²) in [6.45, 7) is 0.390. The van der Waals surface area contributed by atoms with Crippen molar-refractivity contribution in [2.24, 2.45) is 0 Å². The molecule has 0 spiro atoms. The van der Waals surface area contributed by atoms with Gasteiger partial charge in [0.2, 0.25) is 0 Å². The molecule has 0 aliphatic rings. The maximum Gasteiger partial charge on any atom is 0.289 e. The molecule has 0 radical (unpaired) electrons. The summed E-state index contributed by atoms with van der Waals surface area (Å²) in [5.41, 5.74) is 0.940. The Labute approximate surface area is 164 Å². The van der Waals surface area contributed by atoms with E-state index < -0.39 is 9.84 Å². The molecule has 2 aromatic carbocycles. The number of sulfone groups is 1. The topological polar surface area (TPSA) is 76.8 Å². The van der Waals surface area contributed by atoms with Gasteiger partial charge in [-0.15, -0.1) is 0 Å². The van der Waals surface area contributed by atoms with Crippen LogP contribution >= 0.6 is 0 Å². The molecule has 3 aromatic rings. The number of amides is 1. The van der Waals surface area contributed by atoms with E-state index in [2.05, 4.69) is 0 Å². The number of rotatable bonds is 7. The lowest BCUT2D eigenvalue weighted by Crippen LogP contribution is -2.25. The summed E-state index contributed by atoms with van der Waals surface area (Å²) < 4.78 is 35.5. The highest BCUT2D eigenvalue weighted by Gasteiger charge is 2.20. The van der Waals surface area contributed by atoms with Gasteiger partial charge in [-0.25, -0.2) is 8.42 Å². The zero-order valence-corrected chi connectivity index (χ0v) is 16.5. The Bertz CT molecular complexity index is 1040. The molecule has 0 fully saturated rings. The molecule has 1 heterocycles. The first kappa shape index (κ1) is 19.7. The van der Waals surface area contributed by atoms with Crippen LogP contribution in [0.4, 0.5) is 0 Å². The van der Waals surface area contributed by atoms with Crippen LogP contribution in [0, 0.1) is 0 Å². The van der Waals surface area contributed by atoms with Crippen LogP contribution in [0.1, 0.15) is 21.9 Å². The number of methoxy groups -OCH3 is 1. The summed E-state index contributed by atoms with van der Waals surface area (Å²) in [7, 11) is -0.275. The molecule has 0 aliphatic carbocycles. The number of hydrogen-bond donors (Lipinski definition) is 0. The van der Waals surface area contributed by atoms with E-state index in [9.17, 15) is 13.2 Å². The van der Waals surface area contributed by atoms with E-state index >= 15 is 0 Å². The smallest absolute Gasteiger partial charge is 0.289 e. The molecule has 0 saturated carbocycles. The third kappa shape index (κ3) is 4.61. The van der Waals surface area contributed by atoms with Crippen molar-refractivity contribution in [3.8, 4) is 5.75 Å². The Kier molecular flexibility index (Phi) is 5.84. The minimum atomic E-state index is -3.53. The fraction of sp³-hybridized carbons (Fsp3) is 0.190. The lowest BCUT2D eigenvalue weighted by Gasteiger charge is -2.16. The first-order valence-electron chi connectivity index (χ1n) is 8.64. The molecule has 3 rings (SSSR count). The molecule has 0 N–H and O–H groups in total. The summed E-state index contributed by atoms with van der Waals surface area (Å²) in [6, 6.07) is 18.6. The highest BCUT2D eigenvalue weighted by atomic mass is 32.2. The predicted octanol–water partition coefficient (Wildman–Crippen LogP) is 3.53. The zero-order valence-electron chi connectivity index (χ0n) is 15.7. The Morgan fingerprint density at radius 3 is 2.32 bits per heavy atom. The molecule has 6 nitrogen and oxygen atoms in total. The average Bonchev–Trinajstić information content (AvgIpc) is 3.16. The monoisotopic (exact) mass is 399 g/mol. The Morgan fingerprint density at radius 2 is 1.68 bits per heavy atom. The van der Waals surface area contributed by atoms with E-state index in [0.29, 0.717) is 6.54 Å². The van der Waals surface area contributed by atoms with E-state index in [4.69, 9.17) is 9.15 Å². The Balaban J connectivity index is 1.67. The largest absolute Gasteiger partial charge is 0.497 e. The van der Waals surface area contributed by atoms with Crippen molar-refractivity contribution in [1.82, 2.24) is 4.90 Å². The van der Waals surface area contributed by atoms with Crippen molar-refractivity contribution in [2.45, 2.75) is 17.2 Å². The summed E-state index contributed by atoms with van der Waals surface area (Å²) in [5.74, 6) is 0.457. The number of ether oxygens (including phenoxy) is 1. The van der Waals surface area contributed by atoms with E-state index in [0.717, 1.165) is 11.3 Å². The van der Waals surface area contributed by atoms with Crippen molar-refractivity contribution in [3.05, 3.63) is 83.8 Å². The number of carbonyl (C=O) groups is 1. The van der Waals surface area contributed by atoms with E-state index in [1.807, 2.05) is 24.3 Å². The summed E-state index contributed by atoms with van der Waals surface area (Å²) in [4.78, 5) is 14.3. The molecule has 28 heavy (non-hydrogen) atoms. The van der Waals surface area contributed by atoms with Gasteiger partial charge in [0.15, 0.2) is 15.6 Å². The number of nitrogens with zero attached hydrogens (tertiary/aromatic N) is 1. The fourth-order valence-corrected chi connectivity index (χ4v) is 4.00. The van der Waals surface area contributed by atoms with Crippen LogP contribution < -0.4 is 4.74 Å². The second-order valence-corrected chi connectivity index (χ2v) is 8.34. The van der Waals surface area contributed by atoms with Gasteiger partial charge in [0.1, 0.15) is 17.3 Å². The molecule has 0 atom stereocenters. The van der Waals surface area contributed by atoms with Gasteiger partial charge in [-0.3, -0.25) is 4.79 Å². The van der Waals surface area contributed by atoms with Crippen molar-refractivity contribution in [2.75, 3.05) is 14.2 Å². The third-order valence-corrected chi connectivity index (χ3v) is 5.89. The van der Waals surface area contributed by atoms with Crippen LogP contribution in [-0.2, 0) is 22.1 Å². The van der Waals surface area contributed by atoms with Gasteiger partial charge in [-0.2, -0.15) is 0 Å². The molecule has 146 valence electrons. The lowest BCUT2D eigenvalue weighted by molar-refractivity contribution is 0.0752. The summed E-state index contributed by atoms with van der Waals surface area (Å²) in [6.07, 6.45) is 0. The molecule has 7 heteroatoms. The molecule has 0 aliphatic heterocycles. The van der Waals surface area contributed by atoms with Gasteiger partial charge >= 0.3 is 0 Å².